The van der Waals surface area contributed by atoms with Crippen LogP contribution in [0.25, 0.3) is 0 Å². The maximum absolute atomic E-state index is 6.13. The van der Waals surface area contributed by atoms with E-state index >= 15 is 0 Å². The van der Waals surface area contributed by atoms with Crippen LogP contribution in [0.15, 0.2) is 16.5 Å². The third kappa shape index (κ3) is 1.59. The van der Waals surface area contributed by atoms with Gasteiger partial charge in [0.25, 0.3) is 0 Å². The number of rotatable bonds is 2. The lowest BCUT2D eigenvalue weighted by Crippen LogP contribution is -2.29. The van der Waals surface area contributed by atoms with Gasteiger partial charge in [0, 0.05) is 18.5 Å². The number of likely N-dealkylation sites (N-methyl/N-ethyl adjacent to an activating group) is 1. The Labute approximate surface area is 96.6 Å². The quantitative estimate of drug-likeness (QED) is 0.830. The van der Waals surface area contributed by atoms with E-state index < -0.39 is 0 Å². The Morgan fingerprint density at radius 3 is 2.62 bits per heavy atom. The molecule has 4 atom stereocenters. The maximum Gasteiger partial charge on any atom is 0.122 e. The van der Waals surface area contributed by atoms with E-state index in [-0.39, 0.29) is 12.1 Å². The molecular weight excluding hydrogens is 200 g/mol. The van der Waals surface area contributed by atoms with E-state index in [9.17, 15) is 0 Å². The summed E-state index contributed by atoms with van der Waals surface area (Å²) in [5.41, 5.74) is 6.13. The molecule has 88 valence electrons. The molecule has 0 spiro atoms. The first-order valence-electron chi connectivity index (χ1n) is 6.22. The molecule has 2 N–H and O–H groups in total. The zero-order valence-corrected chi connectivity index (χ0v) is 10.0. The van der Waals surface area contributed by atoms with Gasteiger partial charge in [-0.2, -0.15) is 0 Å². The molecule has 1 saturated carbocycles. The summed E-state index contributed by atoms with van der Waals surface area (Å²) >= 11 is 0. The minimum atomic E-state index is 0.223. The van der Waals surface area contributed by atoms with Gasteiger partial charge in [-0.15, -0.1) is 0 Å². The van der Waals surface area contributed by atoms with E-state index in [4.69, 9.17) is 10.2 Å². The fourth-order valence-corrected chi connectivity index (χ4v) is 2.85. The Morgan fingerprint density at radius 1 is 1.38 bits per heavy atom. The van der Waals surface area contributed by atoms with Crippen molar-refractivity contribution < 1.29 is 4.42 Å². The summed E-state index contributed by atoms with van der Waals surface area (Å²) in [6.45, 7) is 3.35. The number of likely N-dealkylation sites (tertiary alicyclic amines) is 1. The average Bonchev–Trinajstić information content (AvgIpc) is 2.68. The molecular formula is C13H20N2O. The van der Waals surface area contributed by atoms with Gasteiger partial charge >= 0.3 is 0 Å². The van der Waals surface area contributed by atoms with Gasteiger partial charge in [0.2, 0.25) is 0 Å². The van der Waals surface area contributed by atoms with Gasteiger partial charge in [-0.25, -0.2) is 0 Å². The van der Waals surface area contributed by atoms with Crippen LogP contribution in [0.4, 0.5) is 0 Å². The molecule has 0 amide bonds. The Balaban J connectivity index is 1.81. The van der Waals surface area contributed by atoms with Crippen molar-refractivity contribution in [3.63, 3.8) is 0 Å². The first-order chi connectivity index (χ1) is 7.66. The highest BCUT2D eigenvalue weighted by Crippen LogP contribution is 2.48. The molecule has 1 saturated heterocycles. The summed E-state index contributed by atoms with van der Waals surface area (Å²) in [5.74, 6) is 3.68. The zero-order valence-electron chi connectivity index (χ0n) is 10.0. The third-order valence-corrected chi connectivity index (χ3v) is 4.11. The summed E-state index contributed by atoms with van der Waals surface area (Å²) in [4.78, 5) is 2.30. The van der Waals surface area contributed by atoms with Gasteiger partial charge in [-0.1, -0.05) is 6.92 Å². The lowest BCUT2D eigenvalue weighted by molar-refractivity contribution is 0.258. The topological polar surface area (TPSA) is 42.4 Å². The van der Waals surface area contributed by atoms with Crippen molar-refractivity contribution in [3.8, 4) is 0 Å². The second-order valence-corrected chi connectivity index (χ2v) is 5.44. The molecule has 0 bridgehead atoms. The van der Waals surface area contributed by atoms with Crippen molar-refractivity contribution in [3.05, 3.63) is 23.7 Å². The van der Waals surface area contributed by atoms with Crippen LogP contribution in [-0.4, -0.2) is 24.5 Å². The summed E-state index contributed by atoms with van der Waals surface area (Å²) in [5, 5.41) is 0. The Morgan fingerprint density at radius 2 is 2.06 bits per heavy atom. The Bertz CT molecular complexity index is 377. The van der Waals surface area contributed by atoms with Gasteiger partial charge in [0.05, 0.1) is 6.04 Å². The molecule has 0 aromatic carbocycles. The van der Waals surface area contributed by atoms with Crippen LogP contribution in [0.2, 0.25) is 0 Å². The van der Waals surface area contributed by atoms with E-state index in [1.807, 2.05) is 0 Å². The Hall–Kier alpha value is -0.800. The molecule has 0 radical (unpaired) electrons. The first-order valence-corrected chi connectivity index (χ1v) is 6.22. The van der Waals surface area contributed by atoms with Crippen LogP contribution in [0.5, 0.6) is 0 Å². The van der Waals surface area contributed by atoms with Crippen LogP contribution >= 0.6 is 0 Å². The van der Waals surface area contributed by atoms with E-state index in [1.165, 1.54) is 6.42 Å². The van der Waals surface area contributed by atoms with Crippen molar-refractivity contribution in [2.24, 2.45) is 11.7 Å². The highest BCUT2D eigenvalue weighted by atomic mass is 16.3. The second-order valence-electron chi connectivity index (χ2n) is 5.44. The van der Waals surface area contributed by atoms with E-state index in [1.54, 1.807) is 0 Å². The maximum atomic E-state index is 6.13. The number of furan rings is 1. The van der Waals surface area contributed by atoms with Crippen molar-refractivity contribution in [1.29, 1.82) is 0 Å². The monoisotopic (exact) mass is 220 g/mol. The number of hydrogen-bond acceptors (Lipinski definition) is 3. The van der Waals surface area contributed by atoms with Crippen LogP contribution in [0, 0.1) is 5.92 Å². The molecule has 1 aliphatic carbocycles. The molecule has 3 nitrogen and oxygen atoms in total. The standard InChI is InChI=1S/C13H20N2O/c1-8-7-9(8)11-3-4-12(16-11)13-10(14)5-6-15(13)2/h3-4,8-10,13H,5-7,14H2,1-2H3. The van der Waals surface area contributed by atoms with Crippen molar-refractivity contribution >= 4 is 0 Å². The minimum absolute atomic E-state index is 0.223. The predicted octanol–water partition coefficient (Wildman–Crippen LogP) is 2.11. The van der Waals surface area contributed by atoms with Gasteiger partial charge in [-0.05, 0) is 37.9 Å². The lowest BCUT2D eigenvalue weighted by atomic mass is 10.1. The molecule has 3 heteroatoms. The SMILES string of the molecule is CC1CC1c1ccc(C2C(N)CCN2C)o1. The van der Waals surface area contributed by atoms with Crippen LogP contribution in [-0.2, 0) is 0 Å². The smallest absolute Gasteiger partial charge is 0.122 e. The van der Waals surface area contributed by atoms with Crippen molar-refractivity contribution in [2.45, 2.75) is 37.8 Å². The summed E-state index contributed by atoms with van der Waals surface area (Å²) in [6.07, 6.45) is 2.34. The van der Waals surface area contributed by atoms with Crippen LogP contribution < -0.4 is 5.73 Å². The summed E-state index contributed by atoms with van der Waals surface area (Å²) < 4.78 is 5.98. The third-order valence-electron chi connectivity index (χ3n) is 4.11. The Kier molecular flexibility index (Phi) is 2.33. The van der Waals surface area contributed by atoms with Gasteiger partial charge < -0.3 is 10.2 Å². The predicted molar refractivity (Wildman–Crippen MR) is 63.2 cm³/mol. The fraction of sp³-hybridized carbons (Fsp3) is 0.692. The van der Waals surface area contributed by atoms with Gasteiger partial charge in [0.1, 0.15) is 11.5 Å². The lowest BCUT2D eigenvalue weighted by Gasteiger charge is -2.20. The number of nitrogens with two attached hydrogens (primary N) is 1. The molecule has 2 fully saturated rings. The largest absolute Gasteiger partial charge is 0.464 e. The normalized spacial score (nSPS) is 39.2. The summed E-state index contributed by atoms with van der Waals surface area (Å²) in [7, 11) is 2.12. The molecule has 4 unspecified atom stereocenters. The minimum Gasteiger partial charge on any atom is -0.464 e. The van der Waals surface area contributed by atoms with Crippen LogP contribution in [0.3, 0.4) is 0 Å². The average molecular weight is 220 g/mol. The molecule has 1 aromatic rings. The molecule has 1 aromatic heterocycles. The molecule has 3 rings (SSSR count). The molecule has 16 heavy (non-hydrogen) atoms. The zero-order chi connectivity index (χ0) is 11.3. The van der Waals surface area contributed by atoms with Crippen molar-refractivity contribution in [1.82, 2.24) is 4.90 Å². The second kappa shape index (κ2) is 3.60. The first kappa shape index (κ1) is 10.4. The van der Waals surface area contributed by atoms with E-state index in [0.717, 1.165) is 30.4 Å². The van der Waals surface area contributed by atoms with Gasteiger partial charge in [-0.3, -0.25) is 4.90 Å². The number of hydrogen-bond donors (Lipinski definition) is 1. The summed E-state index contributed by atoms with van der Waals surface area (Å²) in [6, 6.07) is 4.76. The van der Waals surface area contributed by atoms with Gasteiger partial charge in [0.15, 0.2) is 0 Å². The van der Waals surface area contributed by atoms with E-state index in [0.29, 0.717) is 5.92 Å². The van der Waals surface area contributed by atoms with E-state index in [2.05, 4.69) is 31.0 Å². The number of nitrogens with zero attached hydrogens (tertiary/aromatic N) is 1. The molecule has 2 aliphatic rings. The van der Waals surface area contributed by atoms with Crippen molar-refractivity contribution in [2.75, 3.05) is 13.6 Å². The van der Waals surface area contributed by atoms with Crippen LogP contribution in [0.1, 0.15) is 43.2 Å². The molecule has 1 aliphatic heterocycles. The highest BCUT2D eigenvalue weighted by molar-refractivity contribution is 5.20. The molecule has 2 heterocycles. The fourth-order valence-electron chi connectivity index (χ4n) is 2.85. The highest BCUT2D eigenvalue weighted by Gasteiger charge is 2.38.